The van der Waals surface area contributed by atoms with Crippen molar-refractivity contribution in [2.24, 2.45) is 0 Å². The topological polar surface area (TPSA) is 103 Å². The molecule has 1 atom stereocenters. The first-order valence-corrected chi connectivity index (χ1v) is 5.87. The van der Waals surface area contributed by atoms with Crippen LogP contribution in [0.3, 0.4) is 0 Å². The summed E-state index contributed by atoms with van der Waals surface area (Å²) in [6.07, 6.45) is 0.449. The molecule has 0 radical (unpaired) electrons. The molecule has 104 valence electrons. The molecule has 0 fully saturated rings. The predicted octanol–water partition coefficient (Wildman–Crippen LogP) is -0.502. The average molecular weight is 267 g/mol. The summed E-state index contributed by atoms with van der Waals surface area (Å²) in [6, 6.07) is 2.71. The van der Waals surface area contributed by atoms with E-state index in [0.717, 1.165) is 4.57 Å². The van der Waals surface area contributed by atoms with E-state index in [9.17, 15) is 14.4 Å². The molecule has 0 bridgehead atoms. The van der Waals surface area contributed by atoms with Gasteiger partial charge in [-0.15, -0.1) is 0 Å². The Labute approximate surface area is 110 Å². The van der Waals surface area contributed by atoms with Crippen LogP contribution in [-0.2, 0) is 20.9 Å². The number of nitrogen functional groups attached to an aromatic ring is 1. The van der Waals surface area contributed by atoms with Gasteiger partial charge in [-0.05, 0) is 19.9 Å². The van der Waals surface area contributed by atoms with Gasteiger partial charge in [-0.1, -0.05) is 0 Å². The monoisotopic (exact) mass is 267 g/mol. The lowest BCUT2D eigenvalue weighted by molar-refractivity contribution is -0.155. The van der Waals surface area contributed by atoms with Crippen molar-refractivity contribution in [2.75, 3.05) is 12.3 Å². The van der Waals surface area contributed by atoms with E-state index in [2.05, 4.69) is 5.32 Å². The Balaban J connectivity index is 2.63. The molecule has 1 amide bonds. The van der Waals surface area contributed by atoms with Crippen molar-refractivity contribution in [1.29, 1.82) is 0 Å². The van der Waals surface area contributed by atoms with E-state index < -0.39 is 12.1 Å². The molecule has 0 aliphatic rings. The first-order chi connectivity index (χ1) is 8.93. The maximum atomic E-state index is 11.6. The van der Waals surface area contributed by atoms with Gasteiger partial charge in [0.05, 0.1) is 0 Å². The first-order valence-electron chi connectivity index (χ1n) is 5.87. The summed E-state index contributed by atoms with van der Waals surface area (Å²) in [5.74, 6) is -1.05. The summed E-state index contributed by atoms with van der Waals surface area (Å²) >= 11 is 0. The number of ether oxygens (including phenoxy) is 1. The highest BCUT2D eigenvalue weighted by molar-refractivity contribution is 5.83. The molecule has 1 aromatic heterocycles. The van der Waals surface area contributed by atoms with Crippen LogP contribution in [0, 0.1) is 0 Å². The number of hydrogen-bond donors (Lipinski definition) is 2. The van der Waals surface area contributed by atoms with Crippen LogP contribution in [0.25, 0.3) is 0 Å². The van der Waals surface area contributed by atoms with E-state index in [4.69, 9.17) is 10.5 Å². The normalized spacial score (nSPS) is 11.7. The van der Waals surface area contributed by atoms with E-state index in [0.29, 0.717) is 12.2 Å². The third-order valence-corrected chi connectivity index (χ3v) is 2.33. The number of pyridine rings is 1. The highest BCUT2D eigenvalue weighted by atomic mass is 16.5. The van der Waals surface area contributed by atoms with Gasteiger partial charge in [0.2, 0.25) is 0 Å². The number of carbonyl (C=O) groups is 2. The highest BCUT2D eigenvalue weighted by Gasteiger charge is 2.17. The minimum absolute atomic E-state index is 0.284. The number of hydrogen-bond acceptors (Lipinski definition) is 5. The molecule has 0 saturated heterocycles. The fraction of sp³-hybridized carbons (Fsp3) is 0.417. The quantitative estimate of drug-likeness (QED) is 0.700. The highest BCUT2D eigenvalue weighted by Crippen LogP contribution is 1.98. The smallest absolute Gasteiger partial charge is 0.326 e. The molecular weight excluding hydrogens is 250 g/mol. The van der Waals surface area contributed by atoms with Crippen LogP contribution in [0.5, 0.6) is 0 Å². The summed E-state index contributed by atoms with van der Waals surface area (Å²) in [7, 11) is 0. The molecule has 0 spiro atoms. The van der Waals surface area contributed by atoms with Crippen molar-refractivity contribution < 1.29 is 14.3 Å². The minimum Gasteiger partial charge on any atom is -0.451 e. The molecule has 0 aliphatic carbocycles. The second-order valence-corrected chi connectivity index (χ2v) is 3.96. The van der Waals surface area contributed by atoms with Gasteiger partial charge in [0, 0.05) is 24.5 Å². The summed E-state index contributed by atoms with van der Waals surface area (Å²) in [6.45, 7) is 3.40. The number of anilines is 1. The number of likely N-dealkylation sites (N-methyl/N-ethyl adjacent to an activating group) is 1. The van der Waals surface area contributed by atoms with Gasteiger partial charge >= 0.3 is 5.97 Å². The number of aromatic nitrogens is 1. The molecule has 1 aromatic rings. The summed E-state index contributed by atoms with van der Waals surface area (Å²) < 4.78 is 6.04. The second kappa shape index (κ2) is 6.58. The number of nitrogens with two attached hydrogens (primary N) is 1. The van der Waals surface area contributed by atoms with E-state index in [1.54, 1.807) is 6.92 Å². The van der Waals surface area contributed by atoms with Crippen LogP contribution in [0.1, 0.15) is 13.8 Å². The van der Waals surface area contributed by atoms with Crippen LogP contribution in [0.4, 0.5) is 5.69 Å². The molecule has 0 aliphatic heterocycles. The number of carbonyl (C=O) groups excluding carboxylic acids is 2. The second-order valence-electron chi connectivity index (χ2n) is 3.96. The van der Waals surface area contributed by atoms with Gasteiger partial charge in [0.15, 0.2) is 6.10 Å². The van der Waals surface area contributed by atoms with Crippen molar-refractivity contribution in [2.45, 2.75) is 26.5 Å². The van der Waals surface area contributed by atoms with Crippen molar-refractivity contribution in [1.82, 2.24) is 9.88 Å². The number of rotatable bonds is 5. The molecule has 1 rings (SSSR count). The van der Waals surface area contributed by atoms with Gasteiger partial charge in [0.25, 0.3) is 11.5 Å². The van der Waals surface area contributed by atoms with E-state index in [-0.39, 0.29) is 18.0 Å². The standard InChI is InChI=1S/C12H17N3O4/c1-3-14-12(18)8(2)19-11(17)7-15-6-9(13)4-5-10(15)16/h4-6,8H,3,7,13H2,1-2H3,(H,14,18). The Morgan fingerprint density at radius 2 is 2.16 bits per heavy atom. The summed E-state index contributed by atoms with van der Waals surface area (Å²) in [5.41, 5.74) is 5.52. The summed E-state index contributed by atoms with van der Waals surface area (Å²) in [4.78, 5) is 34.4. The van der Waals surface area contributed by atoms with Crippen molar-refractivity contribution in [3.63, 3.8) is 0 Å². The number of nitrogens with one attached hydrogen (secondary N) is 1. The molecule has 7 nitrogen and oxygen atoms in total. The zero-order valence-electron chi connectivity index (χ0n) is 10.9. The van der Waals surface area contributed by atoms with Crippen molar-refractivity contribution in [3.05, 3.63) is 28.7 Å². The Bertz CT molecular complexity index is 524. The van der Waals surface area contributed by atoms with Crippen LogP contribution in [-0.4, -0.2) is 29.1 Å². The molecular formula is C12H17N3O4. The van der Waals surface area contributed by atoms with Crippen LogP contribution in [0.2, 0.25) is 0 Å². The van der Waals surface area contributed by atoms with Crippen LogP contribution >= 0.6 is 0 Å². The molecule has 19 heavy (non-hydrogen) atoms. The van der Waals surface area contributed by atoms with Crippen molar-refractivity contribution in [3.8, 4) is 0 Å². The van der Waals surface area contributed by atoms with E-state index in [1.807, 2.05) is 0 Å². The fourth-order valence-electron chi connectivity index (χ4n) is 1.42. The number of nitrogens with zero attached hydrogens (tertiary/aromatic N) is 1. The van der Waals surface area contributed by atoms with Gasteiger partial charge in [-0.2, -0.15) is 0 Å². The Kier molecular flexibility index (Phi) is 5.11. The largest absolute Gasteiger partial charge is 0.451 e. The van der Waals surface area contributed by atoms with Crippen LogP contribution in [0.15, 0.2) is 23.1 Å². The Hall–Kier alpha value is -2.31. The van der Waals surface area contributed by atoms with Gasteiger partial charge in [0.1, 0.15) is 6.54 Å². The zero-order chi connectivity index (χ0) is 14.4. The number of amides is 1. The summed E-state index contributed by atoms with van der Waals surface area (Å²) in [5, 5.41) is 2.53. The molecule has 7 heteroatoms. The lowest BCUT2D eigenvalue weighted by atomic mass is 10.3. The van der Waals surface area contributed by atoms with Gasteiger partial charge in [-0.25, -0.2) is 0 Å². The molecule has 0 aromatic carbocycles. The van der Waals surface area contributed by atoms with Crippen LogP contribution < -0.4 is 16.6 Å². The molecule has 3 N–H and O–H groups in total. The van der Waals surface area contributed by atoms with Gasteiger partial charge < -0.3 is 20.4 Å². The molecule has 1 heterocycles. The van der Waals surface area contributed by atoms with E-state index in [1.165, 1.54) is 25.3 Å². The Morgan fingerprint density at radius 1 is 1.47 bits per heavy atom. The maximum Gasteiger partial charge on any atom is 0.326 e. The minimum atomic E-state index is -0.899. The molecule has 0 saturated carbocycles. The maximum absolute atomic E-state index is 11.6. The predicted molar refractivity (Wildman–Crippen MR) is 69.4 cm³/mol. The number of esters is 1. The fourth-order valence-corrected chi connectivity index (χ4v) is 1.42. The average Bonchev–Trinajstić information content (AvgIpc) is 2.34. The van der Waals surface area contributed by atoms with Gasteiger partial charge in [-0.3, -0.25) is 14.4 Å². The lowest BCUT2D eigenvalue weighted by Gasteiger charge is -2.13. The zero-order valence-corrected chi connectivity index (χ0v) is 10.9. The van der Waals surface area contributed by atoms with Crippen molar-refractivity contribution >= 4 is 17.6 Å². The third-order valence-electron chi connectivity index (χ3n) is 2.33. The Morgan fingerprint density at radius 3 is 2.79 bits per heavy atom. The first kappa shape index (κ1) is 14.7. The molecule has 1 unspecified atom stereocenters. The van der Waals surface area contributed by atoms with E-state index >= 15 is 0 Å². The lowest BCUT2D eigenvalue weighted by Crippen LogP contribution is -2.37. The third kappa shape index (κ3) is 4.46. The SMILES string of the molecule is CCNC(=O)C(C)OC(=O)Cn1cc(N)ccc1=O.